The molecule has 1 aliphatic rings. The van der Waals surface area contributed by atoms with Crippen molar-refractivity contribution in [3.63, 3.8) is 0 Å². The maximum Gasteiger partial charge on any atom is 0.293 e. The third kappa shape index (κ3) is 3.14. The first kappa shape index (κ1) is 14.4. The second-order valence-corrected chi connectivity index (χ2v) is 5.88. The lowest BCUT2D eigenvalue weighted by atomic mass is 10.0. The van der Waals surface area contributed by atoms with Gasteiger partial charge in [-0.15, -0.1) is 0 Å². The van der Waals surface area contributed by atoms with Gasteiger partial charge in [-0.3, -0.25) is 10.1 Å². The van der Waals surface area contributed by atoms with Gasteiger partial charge < -0.3 is 11.1 Å². The van der Waals surface area contributed by atoms with Crippen LogP contribution < -0.4 is 11.1 Å². The Balaban J connectivity index is 2.28. The molecule has 7 heteroatoms. The smallest absolute Gasteiger partial charge is 0.293 e. The minimum Gasteiger partial charge on any atom is -0.376 e. The highest BCUT2D eigenvalue weighted by molar-refractivity contribution is 14.1. The normalized spacial score (nSPS) is 22.5. The van der Waals surface area contributed by atoms with E-state index < -0.39 is 10.7 Å². The van der Waals surface area contributed by atoms with E-state index in [2.05, 4.69) is 5.32 Å². The van der Waals surface area contributed by atoms with Crippen molar-refractivity contribution in [1.29, 1.82) is 0 Å². The summed E-state index contributed by atoms with van der Waals surface area (Å²) in [5.41, 5.74) is 5.83. The van der Waals surface area contributed by atoms with Crippen molar-refractivity contribution in [2.24, 2.45) is 11.7 Å². The highest BCUT2D eigenvalue weighted by atomic mass is 127. The fourth-order valence-corrected chi connectivity index (χ4v) is 2.96. The van der Waals surface area contributed by atoms with Crippen LogP contribution in [0.4, 0.5) is 15.8 Å². The van der Waals surface area contributed by atoms with Gasteiger partial charge in [-0.1, -0.05) is 6.42 Å². The molecule has 0 amide bonds. The van der Waals surface area contributed by atoms with Crippen LogP contribution in [0.5, 0.6) is 0 Å². The fourth-order valence-electron chi connectivity index (χ4n) is 2.51. The van der Waals surface area contributed by atoms with Gasteiger partial charge in [0.25, 0.3) is 5.69 Å². The van der Waals surface area contributed by atoms with Crippen LogP contribution in [0.1, 0.15) is 19.3 Å². The van der Waals surface area contributed by atoms with Gasteiger partial charge in [0.2, 0.25) is 0 Å². The van der Waals surface area contributed by atoms with E-state index in [1.165, 1.54) is 12.1 Å². The van der Waals surface area contributed by atoms with E-state index in [4.69, 9.17) is 5.73 Å². The maximum atomic E-state index is 13.6. The predicted molar refractivity (Wildman–Crippen MR) is 79.6 cm³/mol. The molecular weight excluding hydrogens is 364 g/mol. The van der Waals surface area contributed by atoms with Crippen LogP contribution in [0.25, 0.3) is 0 Å². The molecule has 0 saturated heterocycles. The number of nitrogens with zero attached hydrogens (tertiary/aromatic N) is 1. The molecule has 3 N–H and O–H groups in total. The van der Waals surface area contributed by atoms with Crippen LogP contribution in [0.3, 0.4) is 0 Å². The molecule has 1 fully saturated rings. The van der Waals surface area contributed by atoms with Crippen LogP contribution in [0.15, 0.2) is 12.1 Å². The molecule has 1 aromatic carbocycles. The van der Waals surface area contributed by atoms with Crippen molar-refractivity contribution in [2.75, 3.05) is 11.9 Å². The number of nitrogens with one attached hydrogen (secondary N) is 1. The highest BCUT2D eigenvalue weighted by Crippen LogP contribution is 2.33. The van der Waals surface area contributed by atoms with E-state index in [0.29, 0.717) is 12.5 Å². The summed E-state index contributed by atoms with van der Waals surface area (Å²) in [4.78, 5) is 10.5. The average molecular weight is 379 g/mol. The van der Waals surface area contributed by atoms with Gasteiger partial charge in [0.1, 0.15) is 11.5 Å². The summed E-state index contributed by atoms with van der Waals surface area (Å²) in [6, 6.07) is 2.54. The molecule has 2 atom stereocenters. The van der Waals surface area contributed by atoms with E-state index in [9.17, 15) is 14.5 Å². The van der Waals surface area contributed by atoms with Gasteiger partial charge >= 0.3 is 0 Å². The number of benzene rings is 1. The van der Waals surface area contributed by atoms with Crippen molar-refractivity contribution >= 4 is 34.0 Å². The Morgan fingerprint density at radius 3 is 2.89 bits per heavy atom. The van der Waals surface area contributed by atoms with Crippen molar-refractivity contribution in [1.82, 2.24) is 0 Å². The van der Waals surface area contributed by atoms with Gasteiger partial charge in [-0.05, 0) is 47.9 Å². The molecule has 0 spiro atoms. The summed E-state index contributed by atoms with van der Waals surface area (Å²) in [5, 5.41) is 14.1. The predicted octanol–water partition coefficient (Wildman–Crippen LogP) is 2.88. The fraction of sp³-hybridized carbons (Fsp3) is 0.500. The summed E-state index contributed by atoms with van der Waals surface area (Å²) in [6.07, 6.45) is 2.96. The number of hydrogen-bond acceptors (Lipinski definition) is 4. The summed E-state index contributed by atoms with van der Waals surface area (Å²) < 4.78 is 13.8. The van der Waals surface area contributed by atoms with Crippen LogP contribution in [0, 0.1) is 25.4 Å². The first-order valence-electron chi connectivity index (χ1n) is 6.13. The largest absolute Gasteiger partial charge is 0.376 e. The number of nitrogens with two attached hydrogens (primary N) is 1. The topological polar surface area (TPSA) is 81.2 Å². The maximum absolute atomic E-state index is 13.6. The molecule has 104 valence electrons. The van der Waals surface area contributed by atoms with Gasteiger partial charge in [0, 0.05) is 18.2 Å². The Bertz CT molecular complexity index is 498. The van der Waals surface area contributed by atoms with Crippen molar-refractivity contribution in [3.8, 4) is 0 Å². The number of anilines is 1. The number of nitro benzene ring substituents is 1. The van der Waals surface area contributed by atoms with Crippen molar-refractivity contribution < 1.29 is 9.31 Å². The molecule has 0 heterocycles. The van der Waals surface area contributed by atoms with Crippen molar-refractivity contribution in [2.45, 2.75) is 25.3 Å². The standard InChI is InChI=1S/C12H15FIN3O2/c13-8-4-11(12(17(18)19)5-9(8)14)16-10-3-1-2-7(10)6-15/h4-5,7,10,16H,1-3,6,15H2. The molecule has 0 aliphatic heterocycles. The average Bonchev–Trinajstić information content (AvgIpc) is 2.80. The Kier molecular flexibility index (Phi) is 4.56. The molecule has 0 radical (unpaired) electrons. The zero-order valence-electron chi connectivity index (χ0n) is 10.2. The van der Waals surface area contributed by atoms with Gasteiger partial charge in [-0.2, -0.15) is 0 Å². The lowest BCUT2D eigenvalue weighted by molar-refractivity contribution is -0.384. The molecule has 2 rings (SSSR count). The Morgan fingerprint density at radius 1 is 1.53 bits per heavy atom. The molecule has 1 saturated carbocycles. The summed E-state index contributed by atoms with van der Waals surface area (Å²) in [5.74, 6) is -0.155. The third-order valence-electron chi connectivity index (χ3n) is 3.54. The van der Waals surface area contributed by atoms with Crippen LogP contribution >= 0.6 is 22.6 Å². The lowest BCUT2D eigenvalue weighted by Gasteiger charge is -2.20. The summed E-state index contributed by atoms with van der Waals surface area (Å²) in [7, 11) is 0. The molecule has 0 aromatic heterocycles. The second kappa shape index (κ2) is 6.00. The third-order valence-corrected chi connectivity index (χ3v) is 4.36. The SMILES string of the molecule is NCC1CCCC1Nc1cc(F)c(I)cc1[N+](=O)[O-]. The number of halogens is 2. The number of rotatable bonds is 4. The highest BCUT2D eigenvalue weighted by Gasteiger charge is 2.28. The van der Waals surface area contributed by atoms with Crippen molar-refractivity contribution in [3.05, 3.63) is 31.6 Å². The van der Waals surface area contributed by atoms with Crippen LogP contribution in [-0.2, 0) is 0 Å². The quantitative estimate of drug-likeness (QED) is 0.479. The summed E-state index contributed by atoms with van der Waals surface area (Å²) >= 11 is 1.75. The van der Waals surface area contributed by atoms with Gasteiger partial charge in [-0.25, -0.2) is 4.39 Å². The first-order chi connectivity index (χ1) is 9.02. The Labute approximate surface area is 124 Å². The molecule has 1 aromatic rings. The van der Waals surface area contributed by atoms with E-state index in [-0.39, 0.29) is 21.0 Å². The number of nitro groups is 1. The Morgan fingerprint density at radius 2 is 2.26 bits per heavy atom. The minimum atomic E-state index is -0.490. The molecule has 2 unspecified atom stereocenters. The lowest BCUT2D eigenvalue weighted by Crippen LogP contribution is -2.29. The summed E-state index contributed by atoms with van der Waals surface area (Å²) in [6.45, 7) is 0.540. The molecule has 1 aliphatic carbocycles. The minimum absolute atomic E-state index is 0.0863. The number of hydrogen-bond donors (Lipinski definition) is 2. The monoisotopic (exact) mass is 379 g/mol. The molecule has 5 nitrogen and oxygen atoms in total. The van der Waals surface area contributed by atoms with Gasteiger partial charge in [0.05, 0.1) is 8.49 Å². The van der Waals surface area contributed by atoms with E-state index in [0.717, 1.165) is 19.3 Å². The van der Waals surface area contributed by atoms with E-state index in [1.54, 1.807) is 22.6 Å². The molecule has 0 bridgehead atoms. The van der Waals surface area contributed by atoms with Crippen LogP contribution in [0.2, 0.25) is 0 Å². The van der Waals surface area contributed by atoms with Crippen LogP contribution in [-0.4, -0.2) is 17.5 Å². The zero-order chi connectivity index (χ0) is 14.0. The Hall–Kier alpha value is -0.960. The first-order valence-corrected chi connectivity index (χ1v) is 7.21. The van der Waals surface area contributed by atoms with E-state index >= 15 is 0 Å². The van der Waals surface area contributed by atoms with Gasteiger partial charge in [0.15, 0.2) is 0 Å². The zero-order valence-corrected chi connectivity index (χ0v) is 12.4. The second-order valence-electron chi connectivity index (χ2n) is 4.72. The van der Waals surface area contributed by atoms with E-state index in [1.807, 2.05) is 0 Å². The molecular formula is C12H15FIN3O2. The molecule has 19 heavy (non-hydrogen) atoms.